The van der Waals surface area contributed by atoms with E-state index in [-0.39, 0.29) is 11.4 Å². The van der Waals surface area contributed by atoms with Crippen LogP contribution >= 0.6 is 11.6 Å². The standard InChI is InChI=1S/C17H17ClN2O/c18-14-7-5-6-13(12-14)17(9-2-3-10-17)20-16(21)15-8-1-4-11-19-15/h1,4-8,11-12H,2-3,9-10H2,(H,20,21). The molecule has 1 aliphatic carbocycles. The Kier molecular flexibility index (Phi) is 3.93. The number of benzene rings is 1. The van der Waals surface area contributed by atoms with Gasteiger partial charge in [-0.15, -0.1) is 0 Å². The lowest BCUT2D eigenvalue weighted by atomic mass is 9.88. The number of carbonyl (C=O) groups is 1. The summed E-state index contributed by atoms with van der Waals surface area (Å²) in [5.74, 6) is -0.127. The van der Waals surface area contributed by atoms with Crippen molar-refractivity contribution in [2.45, 2.75) is 31.2 Å². The molecule has 1 aromatic carbocycles. The largest absolute Gasteiger partial charge is 0.341 e. The van der Waals surface area contributed by atoms with Gasteiger partial charge in [-0.3, -0.25) is 9.78 Å². The third-order valence-electron chi connectivity index (χ3n) is 4.08. The topological polar surface area (TPSA) is 42.0 Å². The van der Waals surface area contributed by atoms with Crippen molar-refractivity contribution in [2.24, 2.45) is 0 Å². The summed E-state index contributed by atoms with van der Waals surface area (Å²) >= 11 is 6.11. The van der Waals surface area contributed by atoms with E-state index in [9.17, 15) is 4.79 Å². The Bertz CT molecular complexity index is 636. The molecule has 0 unspecified atom stereocenters. The van der Waals surface area contributed by atoms with Crippen molar-refractivity contribution in [3.05, 3.63) is 64.9 Å². The number of rotatable bonds is 3. The van der Waals surface area contributed by atoms with Crippen LogP contribution in [0.5, 0.6) is 0 Å². The summed E-state index contributed by atoms with van der Waals surface area (Å²) in [6.07, 6.45) is 5.72. The Morgan fingerprint density at radius 3 is 2.62 bits per heavy atom. The van der Waals surface area contributed by atoms with Gasteiger partial charge in [-0.1, -0.05) is 42.6 Å². The minimum absolute atomic E-state index is 0.127. The molecule has 1 heterocycles. The predicted molar refractivity (Wildman–Crippen MR) is 83.3 cm³/mol. The fourth-order valence-electron chi connectivity index (χ4n) is 3.03. The number of hydrogen-bond acceptors (Lipinski definition) is 2. The average Bonchev–Trinajstić information content (AvgIpc) is 2.98. The SMILES string of the molecule is O=C(NC1(c2cccc(Cl)c2)CCCC1)c1ccccn1. The van der Waals surface area contributed by atoms with Gasteiger partial charge in [-0.2, -0.15) is 0 Å². The molecule has 4 heteroatoms. The first-order valence-corrected chi connectivity index (χ1v) is 7.57. The smallest absolute Gasteiger partial charge is 0.270 e. The van der Waals surface area contributed by atoms with Gasteiger partial charge in [0.15, 0.2) is 0 Å². The maximum atomic E-state index is 12.5. The van der Waals surface area contributed by atoms with Gasteiger partial charge in [-0.05, 0) is 42.7 Å². The molecule has 1 aromatic heterocycles. The van der Waals surface area contributed by atoms with Crippen LogP contribution in [0, 0.1) is 0 Å². The van der Waals surface area contributed by atoms with Crippen LogP contribution in [0.3, 0.4) is 0 Å². The van der Waals surface area contributed by atoms with E-state index in [2.05, 4.69) is 10.3 Å². The van der Waals surface area contributed by atoms with E-state index in [1.165, 1.54) is 0 Å². The second-order valence-corrected chi connectivity index (χ2v) is 5.91. The number of halogens is 1. The van der Waals surface area contributed by atoms with E-state index in [4.69, 9.17) is 11.6 Å². The van der Waals surface area contributed by atoms with Gasteiger partial charge < -0.3 is 5.32 Å². The third-order valence-corrected chi connectivity index (χ3v) is 4.32. The minimum atomic E-state index is -0.320. The van der Waals surface area contributed by atoms with Crippen molar-refractivity contribution in [3.8, 4) is 0 Å². The molecular weight excluding hydrogens is 284 g/mol. The molecule has 1 amide bonds. The quantitative estimate of drug-likeness (QED) is 0.933. The van der Waals surface area contributed by atoms with Gasteiger partial charge in [0.2, 0.25) is 0 Å². The zero-order chi connectivity index (χ0) is 14.7. The summed E-state index contributed by atoms with van der Waals surface area (Å²) in [5, 5.41) is 3.89. The van der Waals surface area contributed by atoms with Crippen molar-refractivity contribution in [2.75, 3.05) is 0 Å². The summed E-state index contributed by atoms with van der Waals surface area (Å²) in [5.41, 5.74) is 1.21. The van der Waals surface area contributed by atoms with Crippen LogP contribution in [0.15, 0.2) is 48.7 Å². The molecule has 0 atom stereocenters. The van der Waals surface area contributed by atoms with E-state index in [1.54, 1.807) is 18.3 Å². The first-order chi connectivity index (χ1) is 10.2. The van der Waals surface area contributed by atoms with Crippen LogP contribution < -0.4 is 5.32 Å². The minimum Gasteiger partial charge on any atom is -0.341 e. The molecule has 1 aliphatic rings. The van der Waals surface area contributed by atoms with Crippen LogP contribution in [0.1, 0.15) is 41.7 Å². The zero-order valence-corrected chi connectivity index (χ0v) is 12.4. The van der Waals surface area contributed by atoms with E-state index in [1.807, 2.05) is 30.3 Å². The van der Waals surface area contributed by atoms with E-state index < -0.39 is 0 Å². The van der Waals surface area contributed by atoms with Gasteiger partial charge in [0.1, 0.15) is 5.69 Å². The van der Waals surface area contributed by atoms with E-state index in [0.29, 0.717) is 10.7 Å². The van der Waals surface area contributed by atoms with E-state index >= 15 is 0 Å². The third kappa shape index (κ3) is 2.93. The molecule has 0 saturated heterocycles. The lowest BCUT2D eigenvalue weighted by Crippen LogP contribution is -2.44. The molecule has 1 N–H and O–H groups in total. The van der Waals surface area contributed by atoms with Crippen LogP contribution in [0.25, 0.3) is 0 Å². The first-order valence-electron chi connectivity index (χ1n) is 7.19. The average molecular weight is 301 g/mol. The fourth-order valence-corrected chi connectivity index (χ4v) is 3.22. The number of carbonyl (C=O) groups excluding carboxylic acids is 1. The van der Waals surface area contributed by atoms with Gasteiger partial charge in [-0.25, -0.2) is 0 Å². The lowest BCUT2D eigenvalue weighted by molar-refractivity contribution is 0.0893. The van der Waals surface area contributed by atoms with Crippen molar-refractivity contribution < 1.29 is 4.79 Å². The Labute approximate surface area is 129 Å². The highest BCUT2D eigenvalue weighted by atomic mass is 35.5. The molecule has 0 radical (unpaired) electrons. The first kappa shape index (κ1) is 14.1. The summed E-state index contributed by atoms with van der Waals surface area (Å²) in [7, 11) is 0. The molecule has 1 fully saturated rings. The van der Waals surface area contributed by atoms with Crippen LogP contribution in [-0.4, -0.2) is 10.9 Å². The van der Waals surface area contributed by atoms with Gasteiger partial charge in [0, 0.05) is 11.2 Å². The van der Waals surface area contributed by atoms with Crippen molar-refractivity contribution in [1.29, 1.82) is 0 Å². The maximum absolute atomic E-state index is 12.5. The summed E-state index contributed by atoms with van der Waals surface area (Å²) in [6.45, 7) is 0. The number of hydrogen-bond donors (Lipinski definition) is 1. The normalized spacial score (nSPS) is 16.6. The van der Waals surface area contributed by atoms with Crippen molar-refractivity contribution >= 4 is 17.5 Å². The second kappa shape index (κ2) is 5.86. The second-order valence-electron chi connectivity index (χ2n) is 5.47. The molecule has 1 saturated carbocycles. The highest BCUT2D eigenvalue weighted by molar-refractivity contribution is 6.30. The van der Waals surface area contributed by atoms with Crippen molar-refractivity contribution in [3.63, 3.8) is 0 Å². The van der Waals surface area contributed by atoms with Crippen LogP contribution in [-0.2, 0) is 5.54 Å². The molecule has 0 spiro atoms. The number of amides is 1. The van der Waals surface area contributed by atoms with Gasteiger partial charge in [0.05, 0.1) is 5.54 Å². The highest BCUT2D eigenvalue weighted by Crippen LogP contribution is 2.39. The summed E-state index contributed by atoms with van der Waals surface area (Å²) in [4.78, 5) is 16.6. The summed E-state index contributed by atoms with van der Waals surface area (Å²) < 4.78 is 0. The zero-order valence-electron chi connectivity index (χ0n) is 11.7. The molecule has 21 heavy (non-hydrogen) atoms. The van der Waals surface area contributed by atoms with Crippen LogP contribution in [0.2, 0.25) is 5.02 Å². The monoisotopic (exact) mass is 300 g/mol. The molecule has 2 aromatic rings. The van der Waals surface area contributed by atoms with Crippen molar-refractivity contribution in [1.82, 2.24) is 10.3 Å². The molecular formula is C17H17ClN2O. The highest BCUT2D eigenvalue weighted by Gasteiger charge is 2.37. The number of nitrogens with zero attached hydrogens (tertiary/aromatic N) is 1. The number of pyridine rings is 1. The molecule has 0 aliphatic heterocycles. The van der Waals surface area contributed by atoms with Crippen LogP contribution in [0.4, 0.5) is 0 Å². The molecule has 3 rings (SSSR count). The predicted octanol–water partition coefficient (Wildman–Crippen LogP) is 3.93. The number of aromatic nitrogens is 1. The molecule has 0 bridgehead atoms. The Morgan fingerprint density at radius 2 is 1.95 bits per heavy atom. The summed E-state index contributed by atoms with van der Waals surface area (Å²) in [6, 6.07) is 13.1. The maximum Gasteiger partial charge on any atom is 0.270 e. The lowest BCUT2D eigenvalue weighted by Gasteiger charge is -2.31. The Hall–Kier alpha value is -1.87. The molecule has 108 valence electrons. The molecule has 3 nitrogen and oxygen atoms in total. The van der Waals surface area contributed by atoms with Gasteiger partial charge in [0.25, 0.3) is 5.91 Å². The Balaban J connectivity index is 1.90. The van der Waals surface area contributed by atoms with Gasteiger partial charge >= 0.3 is 0 Å². The fraction of sp³-hybridized carbons (Fsp3) is 0.294. The number of nitrogens with one attached hydrogen (secondary N) is 1. The Morgan fingerprint density at radius 1 is 1.14 bits per heavy atom. The van der Waals surface area contributed by atoms with E-state index in [0.717, 1.165) is 31.2 Å².